The lowest BCUT2D eigenvalue weighted by Gasteiger charge is -2.11. The Hall–Kier alpha value is -4.46. The fourth-order valence-corrected chi connectivity index (χ4v) is 3.95. The van der Waals surface area contributed by atoms with Crippen LogP contribution < -0.4 is 10.1 Å². The molecule has 8 nitrogen and oxygen atoms in total. The van der Waals surface area contributed by atoms with Crippen LogP contribution >= 0.6 is 0 Å². The van der Waals surface area contributed by atoms with E-state index in [1.165, 1.54) is 7.11 Å². The number of ether oxygens (including phenoxy) is 1. The van der Waals surface area contributed by atoms with Crippen LogP contribution in [0.15, 0.2) is 65.2 Å². The number of imidazole rings is 1. The van der Waals surface area contributed by atoms with Crippen molar-refractivity contribution in [2.24, 2.45) is 7.05 Å². The van der Waals surface area contributed by atoms with E-state index in [2.05, 4.69) is 20.4 Å². The summed E-state index contributed by atoms with van der Waals surface area (Å²) in [7, 11) is 3.51. The van der Waals surface area contributed by atoms with Crippen molar-refractivity contribution in [3.05, 3.63) is 77.8 Å². The summed E-state index contributed by atoms with van der Waals surface area (Å²) < 4.78 is 12.9. The highest BCUT2D eigenvalue weighted by Gasteiger charge is 2.23. The predicted octanol–water partition coefficient (Wildman–Crippen LogP) is 5.17. The quantitative estimate of drug-likeness (QED) is 0.395. The lowest BCUT2D eigenvalue weighted by atomic mass is 10.1. The Morgan fingerprint density at radius 1 is 1.00 bits per heavy atom. The van der Waals surface area contributed by atoms with Crippen LogP contribution in [0.4, 0.5) is 5.69 Å². The van der Waals surface area contributed by atoms with E-state index in [4.69, 9.17) is 9.26 Å². The molecule has 3 aromatic heterocycles. The Balaban J connectivity index is 1.46. The van der Waals surface area contributed by atoms with Crippen molar-refractivity contribution >= 4 is 22.6 Å². The van der Waals surface area contributed by atoms with Gasteiger partial charge in [0.25, 0.3) is 5.91 Å². The minimum Gasteiger partial charge on any atom is -0.479 e. The third kappa shape index (κ3) is 3.69. The van der Waals surface area contributed by atoms with Crippen molar-refractivity contribution in [2.75, 3.05) is 12.4 Å². The van der Waals surface area contributed by atoms with Gasteiger partial charge in [0.2, 0.25) is 5.88 Å². The lowest BCUT2D eigenvalue weighted by molar-refractivity contribution is 0.102. The van der Waals surface area contributed by atoms with Gasteiger partial charge in [0.1, 0.15) is 28.5 Å². The first-order chi connectivity index (χ1) is 16.5. The smallest absolute Gasteiger partial charge is 0.261 e. The summed E-state index contributed by atoms with van der Waals surface area (Å²) in [6, 6.07) is 19.1. The van der Waals surface area contributed by atoms with Gasteiger partial charge in [-0.1, -0.05) is 41.6 Å². The van der Waals surface area contributed by atoms with Gasteiger partial charge in [-0.05, 0) is 38.1 Å². The van der Waals surface area contributed by atoms with Crippen LogP contribution in [0.1, 0.15) is 21.9 Å². The van der Waals surface area contributed by atoms with Crippen molar-refractivity contribution < 1.29 is 14.1 Å². The predicted molar refractivity (Wildman–Crippen MR) is 130 cm³/mol. The molecule has 0 unspecified atom stereocenters. The number of carbonyl (C=O) groups excluding carboxylic acids is 1. The first-order valence-electron chi connectivity index (χ1n) is 10.8. The number of hydrogen-bond donors (Lipinski definition) is 1. The summed E-state index contributed by atoms with van der Waals surface area (Å²) in [6.45, 7) is 3.68. The van der Waals surface area contributed by atoms with Gasteiger partial charge in [-0.15, -0.1) is 0 Å². The average Bonchev–Trinajstić information content (AvgIpc) is 3.38. The summed E-state index contributed by atoms with van der Waals surface area (Å²) in [4.78, 5) is 22.4. The van der Waals surface area contributed by atoms with Gasteiger partial charge in [-0.25, -0.2) is 9.97 Å². The minimum atomic E-state index is -0.351. The summed E-state index contributed by atoms with van der Waals surface area (Å²) in [5.74, 6) is 1.32. The standard InChI is InChI=1S/C26H23N5O3/c1-15-23(24(30-34-15)17-8-6-5-7-9-17)25(32)28-20-12-11-19(29-26(20)33-4)18-10-13-22-21(14-18)27-16(2)31(22)3/h5-14H,1-4H3,(H,28,32). The Kier molecular flexibility index (Phi) is 5.33. The number of amides is 1. The van der Waals surface area contributed by atoms with Gasteiger partial charge in [-0.3, -0.25) is 4.79 Å². The molecule has 0 aliphatic heterocycles. The highest BCUT2D eigenvalue weighted by molar-refractivity contribution is 6.09. The van der Waals surface area contributed by atoms with Crippen LogP contribution in [0.2, 0.25) is 0 Å². The number of benzene rings is 2. The Bertz CT molecular complexity index is 1520. The zero-order valence-electron chi connectivity index (χ0n) is 19.3. The molecule has 2 aromatic carbocycles. The molecule has 5 aromatic rings. The van der Waals surface area contributed by atoms with Gasteiger partial charge in [0.15, 0.2) is 0 Å². The van der Waals surface area contributed by atoms with E-state index in [-0.39, 0.29) is 5.91 Å². The molecular weight excluding hydrogens is 430 g/mol. The van der Waals surface area contributed by atoms with E-state index < -0.39 is 0 Å². The molecule has 1 amide bonds. The Labute approximate surface area is 196 Å². The maximum absolute atomic E-state index is 13.2. The number of aryl methyl sites for hydroxylation is 3. The van der Waals surface area contributed by atoms with E-state index in [0.29, 0.717) is 34.3 Å². The largest absolute Gasteiger partial charge is 0.479 e. The van der Waals surface area contributed by atoms with E-state index in [9.17, 15) is 4.79 Å². The van der Waals surface area contributed by atoms with Crippen molar-refractivity contribution in [1.82, 2.24) is 19.7 Å². The van der Waals surface area contributed by atoms with Gasteiger partial charge in [-0.2, -0.15) is 0 Å². The number of nitrogens with zero attached hydrogens (tertiary/aromatic N) is 4. The lowest BCUT2D eigenvalue weighted by Crippen LogP contribution is -2.14. The van der Waals surface area contributed by atoms with Crippen LogP contribution in [0.25, 0.3) is 33.5 Å². The molecule has 0 aliphatic rings. The third-order valence-electron chi connectivity index (χ3n) is 5.84. The molecular formula is C26H23N5O3. The van der Waals surface area contributed by atoms with Crippen LogP contribution in [0, 0.1) is 13.8 Å². The summed E-state index contributed by atoms with van der Waals surface area (Å²) in [6.07, 6.45) is 0. The summed E-state index contributed by atoms with van der Waals surface area (Å²) in [5, 5.41) is 6.98. The van der Waals surface area contributed by atoms with Crippen molar-refractivity contribution in [3.63, 3.8) is 0 Å². The molecule has 8 heteroatoms. The number of hydrogen-bond acceptors (Lipinski definition) is 6. The molecule has 3 heterocycles. The molecule has 0 saturated heterocycles. The number of nitrogens with one attached hydrogen (secondary N) is 1. The highest BCUT2D eigenvalue weighted by Crippen LogP contribution is 2.31. The molecule has 170 valence electrons. The number of rotatable bonds is 5. The van der Waals surface area contributed by atoms with Gasteiger partial charge in [0.05, 0.1) is 23.8 Å². The second-order valence-electron chi connectivity index (χ2n) is 7.96. The maximum atomic E-state index is 13.2. The normalized spacial score (nSPS) is 11.1. The molecule has 0 saturated carbocycles. The van der Waals surface area contributed by atoms with E-state index in [1.807, 2.05) is 73.1 Å². The SMILES string of the molecule is COc1nc(-c2ccc3c(c2)nc(C)n3C)ccc1NC(=O)c1c(-c2ccccc2)noc1C. The second kappa shape index (κ2) is 8.47. The number of fused-ring (bicyclic) bond motifs is 1. The molecule has 5 rings (SSSR count). The van der Waals surface area contributed by atoms with Crippen molar-refractivity contribution in [2.45, 2.75) is 13.8 Å². The molecule has 1 N–H and O–H groups in total. The molecule has 0 fully saturated rings. The number of carbonyl (C=O) groups is 1. The first-order valence-corrected chi connectivity index (χ1v) is 10.8. The van der Waals surface area contributed by atoms with Crippen LogP contribution in [0.3, 0.4) is 0 Å². The van der Waals surface area contributed by atoms with E-state index in [1.54, 1.807) is 13.0 Å². The molecule has 34 heavy (non-hydrogen) atoms. The van der Waals surface area contributed by atoms with Gasteiger partial charge < -0.3 is 19.1 Å². The summed E-state index contributed by atoms with van der Waals surface area (Å²) in [5.41, 5.74) is 5.67. The number of aromatic nitrogens is 4. The van der Waals surface area contributed by atoms with Gasteiger partial charge >= 0.3 is 0 Å². The number of methoxy groups -OCH3 is 1. The topological polar surface area (TPSA) is 95.1 Å². The second-order valence-corrected chi connectivity index (χ2v) is 7.96. The molecule has 0 aliphatic carbocycles. The fourth-order valence-electron chi connectivity index (χ4n) is 3.95. The van der Waals surface area contributed by atoms with Gasteiger partial charge in [0, 0.05) is 18.2 Å². The minimum absolute atomic E-state index is 0.304. The molecule has 0 atom stereocenters. The maximum Gasteiger partial charge on any atom is 0.261 e. The van der Waals surface area contributed by atoms with Crippen LogP contribution in [-0.2, 0) is 7.05 Å². The van der Waals surface area contributed by atoms with Crippen LogP contribution in [-0.4, -0.2) is 32.7 Å². The molecule has 0 radical (unpaired) electrons. The molecule has 0 bridgehead atoms. The third-order valence-corrected chi connectivity index (χ3v) is 5.84. The zero-order valence-corrected chi connectivity index (χ0v) is 19.3. The average molecular weight is 454 g/mol. The zero-order chi connectivity index (χ0) is 23.8. The number of pyridine rings is 1. The van der Waals surface area contributed by atoms with Crippen molar-refractivity contribution in [1.29, 1.82) is 0 Å². The first kappa shape index (κ1) is 21.4. The van der Waals surface area contributed by atoms with Crippen molar-refractivity contribution in [3.8, 4) is 28.4 Å². The van der Waals surface area contributed by atoms with E-state index in [0.717, 1.165) is 28.0 Å². The number of anilines is 1. The monoisotopic (exact) mass is 453 g/mol. The Morgan fingerprint density at radius 3 is 2.56 bits per heavy atom. The van der Waals surface area contributed by atoms with Crippen LogP contribution in [0.5, 0.6) is 5.88 Å². The fraction of sp³-hybridized carbons (Fsp3) is 0.154. The van der Waals surface area contributed by atoms with E-state index >= 15 is 0 Å². The summed E-state index contributed by atoms with van der Waals surface area (Å²) >= 11 is 0. The highest BCUT2D eigenvalue weighted by atomic mass is 16.5. The Morgan fingerprint density at radius 2 is 1.79 bits per heavy atom. The molecule has 0 spiro atoms.